The smallest absolute Gasteiger partial charge is 0.242 e. The molecule has 0 aliphatic carbocycles. The second-order valence-electron chi connectivity index (χ2n) is 7.94. The van der Waals surface area contributed by atoms with Crippen molar-refractivity contribution in [3.05, 3.63) is 68.7 Å². The van der Waals surface area contributed by atoms with Crippen molar-refractivity contribution in [2.45, 2.75) is 52.2 Å². The molecule has 156 valence electrons. The summed E-state index contributed by atoms with van der Waals surface area (Å²) in [4.78, 5) is 27.5. The van der Waals surface area contributed by atoms with Gasteiger partial charge >= 0.3 is 0 Å². The highest BCUT2D eigenvalue weighted by Crippen LogP contribution is 2.26. The van der Waals surface area contributed by atoms with E-state index >= 15 is 0 Å². The van der Waals surface area contributed by atoms with Gasteiger partial charge < -0.3 is 10.2 Å². The molecule has 2 rings (SSSR count). The number of carbonyl (C=O) groups excluding carboxylic acids is 2. The minimum atomic E-state index is -0.682. The SMILES string of the molecule is C[C@H](C(=O)NC(C)(C)C)N(Cc1ccc(Cl)cc1)C(=O)Cc1c(Cl)cccc1Cl. The fourth-order valence-corrected chi connectivity index (χ4v) is 3.45. The van der Waals surface area contributed by atoms with Gasteiger partial charge in [-0.05, 0) is 63.1 Å². The Balaban J connectivity index is 2.30. The molecule has 0 aromatic heterocycles. The molecule has 0 bridgehead atoms. The Hall–Kier alpha value is -1.75. The summed E-state index contributed by atoms with van der Waals surface area (Å²) in [5.41, 5.74) is 1.00. The van der Waals surface area contributed by atoms with E-state index in [0.29, 0.717) is 20.6 Å². The van der Waals surface area contributed by atoms with Gasteiger partial charge in [0.25, 0.3) is 0 Å². The van der Waals surface area contributed by atoms with Crippen LogP contribution in [-0.2, 0) is 22.6 Å². The number of rotatable bonds is 6. The van der Waals surface area contributed by atoms with Crippen LogP contribution in [0.5, 0.6) is 0 Å². The van der Waals surface area contributed by atoms with Crippen LogP contribution in [0.1, 0.15) is 38.8 Å². The van der Waals surface area contributed by atoms with Crippen LogP contribution in [-0.4, -0.2) is 28.3 Å². The van der Waals surface area contributed by atoms with Crippen LogP contribution in [0.2, 0.25) is 15.1 Å². The molecule has 1 atom stereocenters. The van der Waals surface area contributed by atoms with Gasteiger partial charge in [0.2, 0.25) is 11.8 Å². The van der Waals surface area contributed by atoms with E-state index in [2.05, 4.69) is 5.32 Å². The molecule has 1 N–H and O–H groups in total. The van der Waals surface area contributed by atoms with Crippen LogP contribution in [0.25, 0.3) is 0 Å². The summed E-state index contributed by atoms with van der Waals surface area (Å²) in [5, 5.41) is 4.38. The van der Waals surface area contributed by atoms with Crippen LogP contribution in [0.3, 0.4) is 0 Å². The average molecular weight is 456 g/mol. The van der Waals surface area contributed by atoms with Gasteiger partial charge in [0, 0.05) is 27.2 Å². The Morgan fingerprint density at radius 2 is 1.55 bits per heavy atom. The van der Waals surface area contributed by atoms with Crippen molar-refractivity contribution < 1.29 is 9.59 Å². The summed E-state index contributed by atoms with van der Waals surface area (Å²) in [6, 6.07) is 11.6. The first-order valence-electron chi connectivity index (χ1n) is 9.27. The van der Waals surface area contributed by atoms with Crippen molar-refractivity contribution in [3.8, 4) is 0 Å². The predicted molar refractivity (Wildman–Crippen MR) is 120 cm³/mol. The third kappa shape index (κ3) is 6.91. The van der Waals surface area contributed by atoms with E-state index in [1.807, 2.05) is 32.9 Å². The number of hydrogen-bond donors (Lipinski definition) is 1. The molecule has 0 aliphatic rings. The highest BCUT2D eigenvalue weighted by atomic mass is 35.5. The van der Waals surface area contributed by atoms with Crippen molar-refractivity contribution in [3.63, 3.8) is 0 Å². The van der Waals surface area contributed by atoms with Crippen molar-refractivity contribution in [2.24, 2.45) is 0 Å². The molecule has 0 heterocycles. The van der Waals surface area contributed by atoms with Gasteiger partial charge in [0.1, 0.15) is 6.04 Å². The highest BCUT2D eigenvalue weighted by Gasteiger charge is 2.29. The minimum absolute atomic E-state index is 0.000760. The maximum absolute atomic E-state index is 13.2. The zero-order valence-corrected chi connectivity index (χ0v) is 19.2. The van der Waals surface area contributed by atoms with Crippen LogP contribution in [0.15, 0.2) is 42.5 Å². The monoisotopic (exact) mass is 454 g/mol. The zero-order chi connectivity index (χ0) is 21.8. The number of amides is 2. The quantitative estimate of drug-likeness (QED) is 0.623. The average Bonchev–Trinajstić information content (AvgIpc) is 2.62. The van der Waals surface area contributed by atoms with Gasteiger partial charge in [-0.15, -0.1) is 0 Å². The fraction of sp³-hybridized carbons (Fsp3) is 0.364. The molecule has 0 fully saturated rings. The largest absolute Gasteiger partial charge is 0.350 e. The third-order valence-corrected chi connectivity index (χ3v) is 5.28. The maximum Gasteiger partial charge on any atom is 0.242 e. The van der Waals surface area contributed by atoms with E-state index in [1.54, 1.807) is 37.3 Å². The normalized spacial score (nSPS) is 12.4. The molecule has 2 amide bonds. The molecule has 0 radical (unpaired) electrons. The molecule has 7 heteroatoms. The molecule has 0 saturated heterocycles. The first kappa shape index (κ1) is 23.5. The molecule has 0 unspecified atom stereocenters. The Bertz CT molecular complexity index is 856. The van der Waals surface area contributed by atoms with Crippen molar-refractivity contribution >= 4 is 46.6 Å². The van der Waals surface area contributed by atoms with E-state index in [-0.39, 0.29) is 24.8 Å². The lowest BCUT2D eigenvalue weighted by atomic mass is 10.1. The summed E-state index contributed by atoms with van der Waals surface area (Å²) in [6.07, 6.45) is -0.000760. The van der Waals surface area contributed by atoms with E-state index in [4.69, 9.17) is 34.8 Å². The summed E-state index contributed by atoms with van der Waals surface area (Å²) < 4.78 is 0. The molecule has 0 saturated carbocycles. The molecule has 29 heavy (non-hydrogen) atoms. The van der Waals surface area contributed by atoms with E-state index in [9.17, 15) is 9.59 Å². The first-order valence-corrected chi connectivity index (χ1v) is 10.4. The van der Waals surface area contributed by atoms with Crippen LogP contribution < -0.4 is 5.32 Å². The Labute approximate surface area is 187 Å². The maximum atomic E-state index is 13.2. The number of nitrogens with zero attached hydrogens (tertiary/aromatic N) is 1. The van der Waals surface area contributed by atoms with Crippen molar-refractivity contribution in [2.75, 3.05) is 0 Å². The molecule has 4 nitrogen and oxygen atoms in total. The number of carbonyl (C=O) groups is 2. The molecule has 2 aromatic rings. The summed E-state index contributed by atoms with van der Waals surface area (Å²) in [5.74, 6) is -0.475. The third-order valence-electron chi connectivity index (χ3n) is 4.32. The van der Waals surface area contributed by atoms with E-state index in [1.165, 1.54) is 4.90 Å². The summed E-state index contributed by atoms with van der Waals surface area (Å²) >= 11 is 18.4. The van der Waals surface area contributed by atoms with Gasteiger partial charge in [0.15, 0.2) is 0 Å². The van der Waals surface area contributed by atoms with Crippen LogP contribution in [0.4, 0.5) is 0 Å². The van der Waals surface area contributed by atoms with Gasteiger partial charge in [-0.1, -0.05) is 53.0 Å². The first-order chi connectivity index (χ1) is 13.5. The zero-order valence-electron chi connectivity index (χ0n) is 16.9. The van der Waals surface area contributed by atoms with Gasteiger partial charge in [-0.3, -0.25) is 9.59 Å². The predicted octanol–water partition coefficient (Wildman–Crippen LogP) is 5.52. The molecule has 0 aliphatic heterocycles. The van der Waals surface area contributed by atoms with Gasteiger partial charge in [-0.25, -0.2) is 0 Å². The second kappa shape index (κ2) is 9.84. The highest BCUT2D eigenvalue weighted by molar-refractivity contribution is 6.36. The number of nitrogens with one attached hydrogen (secondary N) is 1. The minimum Gasteiger partial charge on any atom is -0.350 e. The Morgan fingerprint density at radius 1 is 1.00 bits per heavy atom. The lowest BCUT2D eigenvalue weighted by Gasteiger charge is -2.31. The Kier molecular flexibility index (Phi) is 7.98. The van der Waals surface area contributed by atoms with Gasteiger partial charge in [-0.2, -0.15) is 0 Å². The van der Waals surface area contributed by atoms with Crippen molar-refractivity contribution in [1.82, 2.24) is 10.2 Å². The second-order valence-corrected chi connectivity index (χ2v) is 9.19. The van der Waals surface area contributed by atoms with Crippen molar-refractivity contribution in [1.29, 1.82) is 0 Å². The molecular formula is C22H25Cl3N2O2. The lowest BCUT2D eigenvalue weighted by molar-refractivity contribution is -0.140. The lowest BCUT2D eigenvalue weighted by Crippen LogP contribution is -2.52. The standard InChI is InChI=1S/C22H25Cl3N2O2/c1-14(21(29)26-22(2,3)4)27(13-15-8-10-16(23)11-9-15)20(28)12-17-18(24)6-5-7-19(17)25/h5-11,14H,12-13H2,1-4H3,(H,26,29)/t14-/m1/s1. The van der Waals surface area contributed by atoms with Gasteiger partial charge in [0.05, 0.1) is 6.42 Å². The Morgan fingerprint density at radius 3 is 2.07 bits per heavy atom. The molecule has 2 aromatic carbocycles. The van der Waals surface area contributed by atoms with E-state index in [0.717, 1.165) is 5.56 Å². The molecule has 0 spiro atoms. The number of hydrogen-bond acceptors (Lipinski definition) is 2. The van der Waals surface area contributed by atoms with Crippen LogP contribution in [0, 0.1) is 0 Å². The summed E-state index contributed by atoms with van der Waals surface area (Å²) in [7, 11) is 0. The number of halogens is 3. The van der Waals surface area contributed by atoms with Crippen LogP contribution >= 0.6 is 34.8 Å². The topological polar surface area (TPSA) is 49.4 Å². The number of benzene rings is 2. The fourth-order valence-electron chi connectivity index (χ4n) is 2.80. The summed E-state index contributed by atoms with van der Waals surface area (Å²) in [6.45, 7) is 7.66. The molecular weight excluding hydrogens is 431 g/mol. The van der Waals surface area contributed by atoms with E-state index < -0.39 is 11.6 Å².